The first-order chi connectivity index (χ1) is 6.29. The second-order valence-electron chi connectivity index (χ2n) is 4.11. The molecule has 3 nitrogen and oxygen atoms in total. The summed E-state index contributed by atoms with van der Waals surface area (Å²) in [4.78, 5) is 0. The zero-order chi connectivity index (χ0) is 9.15. The van der Waals surface area contributed by atoms with Gasteiger partial charge in [-0.1, -0.05) is 0 Å². The van der Waals surface area contributed by atoms with Crippen molar-refractivity contribution in [3.63, 3.8) is 0 Å². The quantitative estimate of drug-likeness (QED) is 0.663. The SMILES string of the molecule is OC1(OC2CCCOC2)CCCC1. The minimum Gasteiger partial charge on any atom is -0.379 e. The Hall–Kier alpha value is -0.120. The number of hydrogen-bond donors (Lipinski definition) is 1. The molecule has 0 bridgehead atoms. The van der Waals surface area contributed by atoms with Crippen molar-refractivity contribution in [1.82, 2.24) is 0 Å². The molecule has 3 heteroatoms. The largest absolute Gasteiger partial charge is 0.379 e. The molecule has 0 amide bonds. The van der Waals surface area contributed by atoms with Crippen molar-refractivity contribution in [2.24, 2.45) is 0 Å². The molecule has 0 radical (unpaired) electrons. The highest BCUT2D eigenvalue weighted by atomic mass is 16.6. The van der Waals surface area contributed by atoms with Gasteiger partial charge in [-0.05, 0) is 25.7 Å². The van der Waals surface area contributed by atoms with Gasteiger partial charge in [0.25, 0.3) is 0 Å². The zero-order valence-electron chi connectivity index (χ0n) is 8.00. The molecule has 0 spiro atoms. The molecule has 2 aliphatic rings. The second kappa shape index (κ2) is 3.95. The van der Waals surface area contributed by atoms with Gasteiger partial charge >= 0.3 is 0 Å². The van der Waals surface area contributed by atoms with Gasteiger partial charge in [-0.25, -0.2) is 0 Å². The lowest BCUT2D eigenvalue weighted by atomic mass is 10.1. The van der Waals surface area contributed by atoms with E-state index in [2.05, 4.69) is 0 Å². The highest BCUT2D eigenvalue weighted by Gasteiger charge is 2.35. The maximum Gasteiger partial charge on any atom is 0.165 e. The fourth-order valence-electron chi connectivity index (χ4n) is 2.16. The summed E-state index contributed by atoms with van der Waals surface area (Å²) in [5.74, 6) is -0.828. The van der Waals surface area contributed by atoms with E-state index in [4.69, 9.17) is 9.47 Å². The molecule has 1 aliphatic carbocycles. The third-order valence-electron chi connectivity index (χ3n) is 2.89. The molecule has 1 saturated heterocycles. The fourth-order valence-corrected chi connectivity index (χ4v) is 2.16. The molecule has 1 N–H and O–H groups in total. The average molecular weight is 186 g/mol. The normalized spacial score (nSPS) is 33.5. The molecular formula is C10H18O3. The van der Waals surface area contributed by atoms with Crippen LogP contribution in [0.4, 0.5) is 0 Å². The van der Waals surface area contributed by atoms with Crippen LogP contribution in [-0.4, -0.2) is 30.2 Å². The first-order valence-corrected chi connectivity index (χ1v) is 5.26. The molecule has 0 aromatic carbocycles. The van der Waals surface area contributed by atoms with E-state index in [9.17, 15) is 5.11 Å². The number of hydrogen-bond acceptors (Lipinski definition) is 3. The molecule has 2 fully saturated rings. The predicted octanol–water partition coefficient (Wildman–Crippen LogP) is 1.44. The van der Waals surface area contributed by atoms with Gasteiger partial charge in [0.2, 0.25) is 0 Å². The second-order valence-corrected chi connectivity index (χ2v) is 4.11. The van der Waals surface area contributed by atoms with E-state index in [1.54, 1.807) is 0 Å². The number of ether oxygens (including phenoxy) is 2. The summed E-state index contributed by atoms with van der Waals surface area (Å²) in [5.41, 5.74) is 0. The Bertz CT molecular complexity index is 158. The molecule has 0 aromatic heterocycles. The highest BCUT2D eigenvalue weighted by Crippen LogP contribution is 2.32. The summed E-state index contributed by atoms with van der Waals surface area (Å²) in [6.07, 6.45) is 5.97. The Morgan fingerprint density at radius 2 is 2.00 bits per heavy atom. The molecule has 1 saturated carbocycles. The average Bonchev–Trinajstić information content (AvgIpc) is 2.54. The predicted molar refractivity (Wildman–Crippen MR) is 48.3 cm³/mol. The van der Waals surface area contributed by atoms with Crippen LogP contribution in [0.15, 0.2) is 0 Å². The minimum atomic E-state index is -0.828. The van der Waals surface area contributed by atoms with Crippen LogP contribution in [0.3, 0.4) is 0 Å². The summed E-state index contributed by atoms with van der Waals surface area (Å²) >= 11 is 0. The third kappa shape index (κ3) is 2.42. The van der Waals surface area contributed by atoms with Gasteiger partial charge in [0.05, 0.1) is 12.7 Å². The van der Waals surface area contributed by atoms with Crippen LogP contribution >= 0.6 is 0 Å². The Kier molecular flexibility index (Phi) is 2.86. The molecule has 1 aliphatic heterocycles. The van der Waals surface area contributed by atoms with E-state index < -0.39 is 5.79 Å². The summed E-state index contributed by atoms with van der Waals surface area (Å²) in [6, 6.07) is 0. The smallest absolute Gasteiger partial charge is 0.165 e. The van der Waals surface area contributed by atoms with Crippen LogP contribution in [0.2, 0.25) is 0 Å². The van der Waals surface area contributed by atoms with Crippen LogP contribution in [0.5, 0.6) is 0 Å². The van der Waals surface area contributed by atoms with E-state index in [1.807, 2.05) is 0 Å². The maximum atomic E-state index is 9.97. The number of aliphatic hydroxyl groups is 1. The van der Waals surface area contributed by atoms with Crippen molar-refractivity contribution in [1.29, 1.82) is 0 Å². The van der Waals surface area contributed by atoms with Crippen LogP contribution in [0, 0.1) is 0 Å². The van der Waals surface area contributed by atoms with Crippen LogP contribution in [-0.2, 0) is 9.47 Å². The van der Waals surface area contributed by atoms with Gasteiger partial charge in [0.15, 0.2) is 5.79 Å². The summed E-state index contributed by atoms with van der Waals surface area (Å²) in [6.45, 7) is 1.50. The Balaban J connectivity index is 1.81. The minimum absolute atomic E-state index is 0.122. The van der Waals surface area contributed by atoms with Crippen molar-refractivity contribution in [2.75, 3.05) is 13.2 Å². The first kappa shape index (κ1) is 9.44. The lowest BCUT2D eigenvalue weighted by Crippen LogP contribution is -2.37. The fraction of sp³-hybridized carbons (Fsp3) is 1.00. The third-order valence-corrected chi connectivity index (χ3v) is 2.89. The summed E-state index contributed by atoms with van der Waals surface area (Å²) in [7, 11) is 0. The van der Waals surface area contributed by atoms with Gasteiger partial charge in [-0.3, -0.25) is 0 Å². The van der Waals surface area contributed by atoms with E-state index in [0.717, 1.165) is 45.1 Å². The lowest BCUT2D eigenvalue weighted by molar-refractivity contribution is -0.240. The van der Waals surface area contributed by atoms with Gasteiger partial charge in [0.1, 0.15) is 0 Å². The van der Waals surface area contributed by atoms with Gasteiger partial charge < -0.3 is 14.6 Å². The van der Waals surface area contributed by atoms with Gasteiger partial charge in [-0.2, -0.15) is 0 Å². The van der Waals surface area contributed by atoms with Crippen molar-refractivity contribution >= 4 is 0 Å². The first-order valence-electron chi connectivity index (χ1n) is 5.26. The standard InChI is InChI=1S/C10H18O3/c11-10(5-1-2-6-10)13-9-4-3-7-12-8-9/h9,11H,1-8H2. The van der Waals surface area contributed by atoms with E-state index in [1.165, 1.54) is 0 Å². The molecular weight excluding hydrogens is 168 g/mol. The van der Waals surface area contributed by atoms with Crippen molar-refractivity contribution in [2.45, 2.75) is 50.4 Å². The molecule has 76 valence electrons. The Morgan fingerprint density at radius 1 is 1.23 bits per heavy atom. The lowest BCUT2D eigenvalue weighted by Gasteiger charge is -2.31. The zero-order valence-corrected chi connectivity index (χ0v) is 8.00. The maximum absolute atomic E-state index is 9.97. The van der Waals surface area contributed by atoms with Crippen LogP contribution in [0.1, 0.15) is 38.5 Å². The Labute approximate surface area is 79.0 Å². The Morgan fingerprint density at radius 3 is 2.62 bits per heavy atom. The molecule has 0 aromatic rings. The van der Waals surface area contributed by atoms with Crippen LogP contribution < -0.4 is 0 Å². The van der Waals surface area contributed by atoms with Crippen molar-refractivity contribution < 1.29 is 14.6 Å². The van der Waals surface area contributed by atoms with E-state index in [0.29, 0.717) is 6.61 Å². The van der Waals surface area contributed by atoms with Crippen molar-refractivity contribution in [3.8, 4) is 0 Å². The highest BCUT2D eigenvalue weighted by molar-refractivity contribution is 4.77. The molecule has 2 rings (SSSR count). The summed E-state index contributed by atoms with van der Waals surface area (Å²) < 4.78 is 11.0. The molecule has 13 heavy (non-hydrogen) atoms. The van der Waals surface area contributed by atoms with Gasteiger partial charge in [-0.15, -0.1) is 0 Å². The molecule has 1 atom stereocenters. The van der Waals surface area contributed by atoms with E-state index >= 15 is 0 Å². The topological polar surface area (TPSA) is 38.7 Å². The monoisotopic (exact) mass is 186 g/mol. The molecule has 1 heterocycles. The number of rotatable bonds is 2. The summed E-state index contributed by atoms with van der Waals surface area (Å²) in [5, 5.41) is 9.97. The van der Waals surface area contributed by atoms with Crippen molar-refractivity contribution in [3.05, 3.63) is 0 Å². The van der Waals surface area contributed by atoms with E-state index in [-0.39, 0.29) is 6.10 Å². The van der Waals surface area contributed by atoms with Gasteiger partial charge in [0, 0.05) is 19.4 Å². The van der Waals surface area contributed by atoms with Crippen LogP contribution in [0.25, 0.3) is 0 Å². The molecule has 1 unspecified atom stereocenters.